The molecule has 0 fully saturated rings. The van der Waals surface area contributed by atoms with Crippen LogP contribution in [-0.2, 0) is 5.75 Å². The van der Waals surface area contributed by atoms with Crippen LogP contribution in [0.3, 0.4) is 0 Å². The molecule has 2 aromatic rings. The number of rotatable bonds is 5. The minimum atomic E-state index is 0.275. The zero-order valence-electron chi connectivity index (χ0n) is 11.2. The van der Waals surface area contributed by atoms with Crippen molar-refractivity contribution in [3.8, 4) is 17.2 Å². The molecule has 3 nitrogen and oxygen atoms in total. The largest absolute Gasteiger partial charge is 0.508 e. The predicted molar refractivity (Wildman–Crippen MR) is 84.9 cm³/mol. The third kappa shape index (κ3) is 3.61. The van der Waals surface area contributed by atoms with Crippen LogP contribution in [0.15, 0.2) is 45.8 Å². The maximum absolute atomic E-state index is 9.27. The lowest BCUT2D eigenvalue weighted by atomic mass is 10.2. The van der Waals surface area contributed by atoms with Gasteiger partial charge in [0.2, 0.25) is 0 Å². The Balaban J connectivity index is 2.17. The average molecular weight is 355 g/mol. The van der Waals surface area contributed by atoms with E-state index < -0.39 is 0 Å². The van der Waals surface area contributed by atoms with Crippen molar-refractivity contribution in [2.75, 3.05) is 14.2 Å². The average Bonchev–Trinajstić information content (AvgIpc) is 2.47. The summed E-state index contributed by atoms with van der Waals surface area (Å²) in [4.78, 5) is 1.09. The molecule has 0 bridgehead atoms. The van der Waals surface area contributed by atoms with Gasteiger partial charge in [-0.05, 0) is 52.3 Å². The smallest absolute Gasteiger partial charge is 0.133 e. The van der Waals surface area contributed by atoms with Crippen molar-refractivity contribution < 1.29 is 14.6 Å². The summed E-state index contributed by atoms with van der Waals surface area (Å²) in [6, 6.07) is 11.0. The van der Waals surface area contributed by atoms with Gasteiger partial charge < -0.3 is 14.6 Å². The SMILES string of the molecule is COc1cc(CSc2ccc(O)cc2)c(OC)cc1Br. The van der Waals surface area contributed by atoms with Crippen LogP contribution >= 0.6 is 27.7 Å². The maximum Gasteiger partial charge on any atom is 0.133 e. The Morgan fingerprint density at radius 1 is 1.05 bits per heavy atom. The number of benzene rings is 2. The van der Waals surface area contributed by atoms with Crippen molar-refractivity contribution in [2.24, 2.45) is 0 Å². The van der Waals surface area contributed by atoms with Gasteiger partial charge >= 0.3 is 0 Å². The summed E-state index contributed by atoms with van der Waals surface area (Å²) in [5.74, 6) is 2.64. The maximum atomic E-state index is 9.27. The molecule has 0 aliphatic rings. The van der Waals surface area contributed by atoms with Crippen LogP contribution in [0, 0.1) is 0 Å². The standard InChI is InChI=1S/C15H15BrO3S/c1-18-14-8-13(16)15(19-2)7-10(14)9-20-12-5-3-11(17)4-6-12/h3-8,17H,9H2,1-2H3. The number of halogens is 1. The van der Waals surface area contributed by atoms with E-state index in [0.717, 1.165) is 32.2 Å². The molecule has 5 heteroatoms. The van der Waals surface area contributed by atoms with Crippen molar-refractivity contribution in [2.45, 2.75) is 10.6 Å². The van der Waals surface area contributed by atoms with Crippen LogP contribution in [0.4, 0.5) is 0 Å². The topological polar surface area (TPSA) is 38.7 Å². The van der Waals surface area contributed by atoms with E-state index in [9.17, 15) is 5.11 Å². The van der Waals surface area contributed by atoms with Gasteiger partial charge in [0.1, 0.15) is 17.2 Å². The second-order valence-electron chi connectivity index (χ2n) is 4.08. The number of aromatic hydroxyl groups is 1. The molecule has 2 rings (SSSR count). The van der Waals surface area contributed by atoms with Crippen molar-refractivity contribution in [3.05, 3.63) is 46.4 Å². The van der Waals surface area contributed by atoms with E-state index in [2.05, 4.69) is 15.9 Å². The van der Waals surface area contributed by atoms with Crippen LogP contribution in [-0.4, -0.2) is 19.3 Å². The van der Waals surface area contributed by atoms with Gasteiger partial charge in [0.05, 0.1) is 18.7 Å². The highest BCUT2D eigenvalue weighted by Crippen LogP contribution is 2.36. The van der Waals surface area contributed by atoms with E-state index in [0.29, 0.717) is 0 Å². The molecule has 0 aromatic heterocycles. The molecular weight excluding hydrogens is 340 g/mol. The molecule has 1 N–H and O–H groups in total. The van der Waals surface area contributed by atoms with Gasteiger partial charge in [0.25, 0.3) is 0 Å². The summed E-state index contributed by atoms with van der Waals surface area (Å²) in [6.45, 7) is 0. The summed E-state index contributed by atoms with van der Waals surface area (Å²) in [5.41, 5.74) is 1.06. The molecule has 0 saturated heterocycles. The van der Waals surface area contributed by atoms with Gasteiger partial charge in [-0.15, -0.1) is 11.8 Å². The quantitative estimate of drug-likeness (QED) is 0.804. The van der Waals surface area contributed by atoms with Crippen molar-refractivity contribution >= 4 is 27.7 Å². The summed E-state index contributed by atoms with van der Waals surface area (Å²) in [7, 11) is 3.30. The third-order valence-electron chi connectivity index (χ3n) is 2.79. The monoisotopic (exact) mass is 354 g/mol. The fraction of sp³-hybridized carbons (Fsp3) is 0.200. The van der Waals surface area contributed by atoms with Gasteiger partial charge in [-0.3, -0.25) is 0 Å². The van der Waals surface area contributed by atoms with E-state index in [1.807, 2.05) is 24.3 Å². The molecule has 0 spiro atoms. The molecule has 0 radical (unpaired) electrons. The summed E-state index contributed by atoms with van der Waals surface area (Å²) < 4.78 is 11.6. The van der Waals surface area contributed by atoms with E-state index in [1.54, 1.807) is 38.1 Å². The third-order valence-corrected chi connectivity index (χ3v) is 4.47. The minimum absolute atomic E-state index is 0.275. The van der Waals surface area contributed by atoms with Crippen LogP contribution < -0.4 is 9.47 Å². The first-order valence-electron chi connectivity index (χ1n) is 5.96. The molecule has 0 atom stereocenters. The van der Waals surface area contributed by atoms with E-state index in [-0.39, 0.29) is 5.75 Å². The first-order chi connectivity index (χ1) is 9.63. The lowest BCUT2D eigenvalue weighted by Gasteiger charge is -2.12. The second kappa shape index (κ2) is 6.90. The molecule has 0 heterocycles. The van der Waals surface area contributed by atoms with Crippen LogP contribution in [0.1, 0.15) is 5.56 Å². The number of phenols is 1. The van der Waals surface area contributed by atoms with Crippen LogP contribution in [0.2, 0.25) is 0 Å². The fourth-order valence-electron chi connectivity index (χ4n) is 1.74. The molecule has 106 valence electrons. The highest BCUT2D eigenvalue weighted by molar-refractivity contribution is 9.10. The van der Waals surface area contributed by atoms with E-state index >= 15 is 0 Å². The Hall–Kier alpha value is -1.33. The molecule has 0 aliphatic heterocycles. The minimum Gasteiger partial charge on any atom is -0.508 e. The molecular formula is C15H15BrO3S. The molecule has 0 aliphatic carbocycles. The predicted octanol–water partition coefficient (Wildman–Crippen LogP) is 4.46. The molecule has 0 unspecified atom stereocenters. The number of methoxy groups -OCH3 is 2. The lowest BCUT2D eigenvalue weighted by Crippen LogP contribution is -1.93. The normalized spacial score (nSPS) is 10.3. The van der Waals surface area contributed by atoms with E-state index in [1.165, 1.54) is 0 Å². The molecule has 20 heavy (non-hydrogen) atoms. The second-order valence-corrected chi connectivity index (χ2v) is 5.98. The number of thioether (sulfide) groups is 1. The molecule has 0 saturated carbocycles. The van der Waals surface area contributed by atoms with Gasteiger partial charge in [-0.25, -0.2) is 0 Å². The number of ether oxygens (including phenoxy) is 2. The van der Waals surface area contributed by atoms with Gasteiger partial charge in [0, 0.05) is 16.2 Å². The molecule has 2 aromatic carbocycles. The van der Waals surface area contributed by atoms with Crippen molar-refractivity contribution in [1.29, 1.82) is 0 Å². The highest BCUT2D eigenvalue weighted by atomic mass is 79.9. The lowest BCUT2D eigenvalue weighted by molar-refractivity contribution is 0.398. The van der Waals surface area contributed by atoms with Crippen molar-refractivity contribution in [3.63, 3.8) is 0 Å². The Bertz CT molecular complexity index is 584. The van der Waals surface area contributed by atoms with Crippen LogP contribution in [0.25, 0.3) is 0 Å². The van der Waals surface area contributed by atoms with Gasteiger partial charge in [-0.1, -0.05) is 0 Å². The van der Waals surface area contributed by atoms with Gasteiger partial charge in [0.15, 0.2) is 0 Å². The van der Waals surface area contributed by atoms with Crippen LogP contribution in [0.5, 0.6) is 17.2 Å². The first kappa shape index (κ1) is 15.1. The molecule has 0 amide bonds. The zero-order valence-corrected chi connectivity index (χ0v) is 13.6. The Kier molecular flexibility index (Phi) is 5.20. The number of hydrogen-bond acceptors (Lipinski definition) is 4. The Morgan fingerprint density at radius 2 is 1.70 bits per heavy atom. The number of hydrogen-bond donors (Lipinski definition) is 1. The summed E-state index contributed by atoms with van der Waals surface area (Å²) >= 11 is 5.12. The fourth-order valence-corrected chi connectivity index (χ4v) is 3.10. The van der Waals surface area contributed by atoms with E-state index in [4.69, 9.17) is 9.47 Å². The summed E-state index contributed by atoms with van der Waals surface area (Å²) in [6.07, 6.45) is 0. The highest BCUT2D eigenvalue weighted by Gasteiger charge is 2.10. The summed E-state index contributed by atoms with van der Waals surface area (Å²) in [5, 5.41) is 9.27. The van der Waals surface area contributed by atoms with Crippen molar-refractivity contribution in [1.82, 2.24) is 0 Å². The first-order valence-corrected chi connectivity index (χ1v) is 7.74. The Labute approximate surface area is 131 Å². The zero-order chi connectivity index (χ0) is 14.5. The number of phenolic OH excluding ortho intramolecular Hbond substituents is 1. The Morgan fingerprint density at radius 3 is 2.30 bits per heavy atom. The van der Waals surface area contributed by atoms with Gasteiger partial charge in [-0.2, -0.15) is 0 Å².